The van der Waals surface area contributed by atoms with E-state index in [2.05, 4.69) is 10.2 Å². The Balaban J connectivity index is 1.76. The van der Waals surface area contributed by atoms with Crippen LogP contribution in [0, 0.1) is 6.92 Å². The fourth-order valence-electron chi connectivity index (χ4n) is 2.24. The maximum atomic E-state index is 12.1. The SMILES string of the molecule is CCC(=O)N1CCN(C(=O)CCc2nnc(C)o2)CC1. The summed E-state index contributed by atoms with van der Waals surface area (Å²) in [4.78, 5) is 27.2. The van der Waals surface area contributed by atoms with Gasteiger partial charge in [-0.25, -0.2) is 0 Å². The summed E-state index contributed by atoms with van der Waals surface area (Å²) in [5.74, 6) is 1.23. The van der Waals surface area contributed by atoms with E-state index in [-0.39, 0.29) is 11.8 Å². The van der Waals surface area contributed by atoms with E-state index in [4.69, 9.17) is 4.42 Å². The molecule has 1 aliphatic heterocycles. The summed E-state index contributed by atoms with van der Waals surface area (Å²) in [7, 11) is 0. The molecule has 0 saturated carbocycles. The Hall–Kier alpha value is -1.92. The van der Waals surface area contributed by atoms with Gasteiger partial charge >= 0.3 is 0 Å². The Morgan fingerprint density at radius 1 is 1.10 bits per heavy atom. The van der Waals surface area contributed by atoms with Crippen molar-refractivity contribution in [1.29, 1.82) is 0 Å². The van der Waals surface area contributed by atoms with Crippen molar-refractivity contribution in [1.82, 2.24) is 20.0 Å². The molecular weight excluding hydrogens is 260 g/mol. The average Bonchev–Trinajstić information content (AvgIpc) is 2.89. The molecule has 0 bridgehead atoms. The van der Waals surface area contributed by atoms with Crippen LogP contribution in [0.5, 0.6) is 0 Å². The largest absolute Gasteiger partial charge is 0.426 e. The number of carbonyl (C=O) groups excluding carboxylic acids is 2. The second-order valence-electron chi connectivity index (χ2n) is 4.83. The molecule has 2 heterocycles. The van der Waals surface area contributed by atoms with Gasteiger partial charge in [-0.3, -0.25) is 9.59 Å². The monoisotopic (exact) mass is 280 g/mol. The van der Waals surface area contributed by atoms with Crippen molar-refractivity contribution in [3.8, 4) is 0 Å². The van der Waals surface area contributed by atoms with Gasteiger partial charge in [-0.2, -0.15) is 0 Å². The Bertz CT molecular complexity index is 478. The van der Waals surface area contributed by atoms with E-state index >= 15 is 0 Å². The third kappa shape index (κ3) is 3.55. The van der Waals surface area contributed by atoms with Crippen molar-refractivity contribution in [2.75, 3.05) is 26.2 Å². The van der Waals surface area contributed by atoms with Crippen LogP contribution in [0.2, 0.25) is 0 Å². The smallest absolute Gasteiger partial charge is 0.223 e. The van der Waals surface area contributed by atoms with E-state index in [9.17, 15) is 9.59 Å². The normalized spacial score (nSPS) is 15.5. The molecule has 7 nitrogen and oxygen atoms in total. The lowest BCUT2D eigenvalue weighted by Gasteiger charge is -2.34. The summed E-state index contributed by atoms with van der Waals surface area (Å²) < 4.78 is 5.24. The van der Waals surface area contributed by atoms with Crippen LogP contribution < -0.4 is 0 Å². The molecule has 0 aromatic carbocycles. The van der Waals surface area contributed by atoms with Gasteiger partial charge in [-0.15, -0.1) is 10.2 Å². The molecule has 2 rings (SSSR count). The first kappa shape index (κ1) is 14.5. The standard InChI is InChI=1S/C13H20N4O3/c1-3-12(18)16-6-8-17(9-7-16)13(19)5-4-11-15-14-10(2)20-11/h3-9H2,1-2H3. The number of hydrogen-bond donors (Lipinski definition) is 0. The number of nitrogens with zero attached hydrogens (tertiary/aromatic N) is 4. The Morgan fingerprint density at radius 2 is 1.70 bits per heavy atom. The first-order valence-electron chi connectivity index (χ1n) is 6.94. The lowest BCUT2D eigenvalue weighted by atomic mass is 10.2. The van der Waals surface area contributed by atoms with E-state index in [1.807, 2.05) is 11.8 Å². The Morgan fingerprint density at radius 3 is 2.20 bits per heavy atom. The predicted molar refractivity (Wildman–Crippen MR) is 70.8 cm³/mol. The molecular formula is C13H20N4O3. The van der Waals surface area contributed by atoms with E-state index in [0.29, 0.717) is 57.2 Å². The molecule has 7 heteroatoms. The van der Waals surface area contributed by atoms with Crippen LogP contribution in [-0.4, -0.2) is 58.0 Å². The molecule has 0 spiro atoms. The van der Waals surface area contributed by atoms with E-state index in [1.165, 1.54) is 0 Å². The molecule has 20 heavy (non-hydrogen) atoms. The molecule has 0 aliphatic carbocycles. The van der Waals surface area contributed by atoms with Gasteiger partial charge in [0.25, 0.3) is 0 Å². The Labute approximate surface area is 117 Å². The highest BCUT2D eigenvalue weighted by Gasteiger charge is 2.23. The van der Waals surface area contributed by atoms with E-state index < -0.39 is 0 Å². The van der Waals surface area contributed by atoms with Crippen LogP contribution in [0.3, 0.4) is 0 Å². The van der Waals surface area contributed by atoms with Gasteiger partial charge in [0.15, 0.2) is 0 Å². The van der Waals surface area contributed by atoms with Crippen LogP contribution in [-0.2, 0) is 16.0 Å². The van der Waals surface area contributed by atoms with Gasteiger partial charge in [0.2, 0.25) is 23.6 Å². The molecule has 1 aromatic rings. The molecule has 2 amide bonds. The minimum atomic E-state index is 0.0736. The molecule has 110 valence electrons. The van der Waals surface area contributed by atoms with Gasteiger partial charge in [-0.1, -0.05) is 6.92 Å². The van der Waals surface area contributed by atoms with E-state index in [0.717, 1.165) is 0 Å². The Kier molecular flexibility index (Phi) is 4.70. The summed E-state index contributed by atoms with van der Waals surface area (Å²) in [5.41, 5.74) is 0. The average molecular weight is 280 g/mol. The first-order chi connectivity index (χ1) is 9.60. The van der Waals surface area contributed by atoms with Crippen LogP contribution in [0.25, 0.3) is 0 Å². The van der Waals surface area contributed by atoms with Gasteiger partial charge in [0, 0.05) is 52.4 Å². The van der Waals surface area contributed by atoms with Gasteiger partial charge in [-0.05, 0) is 0 Å². The second kappa shape index (κ2) is 6.49. The lowest BCUT2D eigenvalue weighted by Crippen LogP contribution is -2.50. The number of aryl methyl sites for hydroxylation is 2. The third-order valence-electron chi connectivity index (χ3n) is 3.41. The number of carbonyl (C=O) groups is 2. The highest BCUT2D eigenvalue weighted by atomic mass is 16.4. The van der Waals surface area contributed by atoms with Crippen LogP contribution >= 0.6 is 0 Å². The number of amides is 2. The van der Waals surface area contributed by atoms with Crippen molar-refractivity contribution in [2.24, 2.45) is 0 Å². The molecule has 1 aromatic heterocycles. The quantitative estimate of drug-likeness (QED) is 0.797. The summed E-state index contributed by atoms with van der Waals surface area (Å²) in [6.45, 7) is 6.03. The highest BCUT2D eigenvalue weighted by Crippen LogP contribution is 2.08. The summed E-state index contributed by atoms with van der Waals surface area (Å²) >= 11 is 0. The highest BCUT2D eigenvalue weighted by molar-refractivity contribution is 5.78. The summed E-state index contributed by atoms with van der Waals surface area (Å²) in [5, 5.41) is 7.60. The van der Waals surface area contributed by atoms with Crippen LogP contribution in [0.4, 0.5) is 0 Å². The minimum absolute atomic E-state index is 0.0736. The molecule has 0 unspecified atom stereocenters. The molecule has 0 N–H and O–H groups in total. The number of rotatable bonds is 4. The lowest BCUT2D eigenvalue weighted by molar-refractivity contribution is -0.139. The molecule has 0 atom stereocenters. The zero-order chi connectivity index (χ0) is 14.5. The van der Waals surface area contributed by atoms with Crippen molar-refractivity contribution in [3.63, 3.8) is 0 Å². The fourth-order valence-corrected chi connectivity index (χ4v) is 2.24. The van der Waals surface area contributed by atoms with Gasteiger partial charge < -0.3 is 14.2 Å². The predicted octanol–water partition coefficient (Wildman–Crippen LogP) is 0.391. The van der Waals surface area contributed by atoms with Crippen LogP contribution in [0.15, 0.2) is 4.42 Å². The van der Waals surface area contributed by atoms with E-state index in [1.54, 1.807) is 11.8 Å². The molecule has 1 aliphatic rings. The zero-order valence-electron chi connectivity index (χ0n) is 12.0. The molecule has 1 fully saturated rings. The second-order valence-corrected chi connectivity index (χ2v) is 4.83. The van der Waals surface area contributed by atoms with Crippen LogP contribution in [0.1, 0.15) is 31.5 Å². The first-order valence-corrected chi connectivity index (χ1v) is 6.94. The van der Waals surface area contributed by atoms with Crippen molar-refractivity contribution >= 4 is 11.8 Å². The summed E-state index contributed by atoms with van der Waals surface area (Å²) in [6, 6.07) is 0. The fraction of sp³-hybridized carbons (Fsp3) is 0.692. The van der Waals surface area contributed by atoms with Crippen molar-refractivity contribution in [2.45, 2.75) is 33.1 Å². The molecule has 0 radical (unpaired) electrons. The molecule has 1 saturated heterocycles. The maximum Gasteiger partial charge on any atom is 0.223 e. The van der Waals surface area contributed by atoms with Crippen molar-refractivity contribution < 1.29 is 14.0 Å². The third-order valence-corrected chi connectivity index (χ3v) is 3.41. The van der Waals surface area contributed by atoms with Gasteiger partial charge in [0.05, 0.1) is 0 Å². The van der Waals surface area contributed by atoms with Crippen molar-refractivity contribution in [3.05, 3.63) is 11.8 Å². The van der Waals surface area contributed by atoms with Gasteiger partial charge in [0.1, 0.15) is 0 Å². The number of hydrogen-bond acceptors (Lipinski definition) is 5. The zero-order valence-corrected chi connectivity index (χ0v) is 12.0. The topological polar surface area (TPSA) is 79.5 Å². The maximum absolute atomic E-state index is 12.1. The number of aromatic nitrogens is 2. The minimum Gasteiger partial charge on any atom is -0.426 e. The number of piperazine rings is 1. The summed E-state index contributed by atoms with van der Waals surface area (Å²) in [6.07, 6.45) is 1.35.